The molecule has 1 atom stereocenters. The molecule has 5 heteroatoms. The van der Waals surface area contributed by atoms with E-state index >= 15 is 0 Å². The van der Waals surface area contributed by atoms with Crippen LogP contribution in [-0.2, 0) is 11.3 Å². The van der Waals surface area contributed by atoms with E-state index in [1.807, 2.05) is 18.3 Å². The molecule has 0 aromatic carbocycles. The highest BCUT2D eigenvalue weighted by Gasteiger charge is 2.07. The number of ether oxygens (including phenoxy) is 2. The summed E-state index contributed by atoms with van der Waals surface area (Å²) in [5, 5.41) is 3.45. The number of aromatic nitrogens is 1. The first kappa shape index (κ1) is 14.9. The molecular weight excluding hydrogens is 230 g/mol. The second-order valence-electron chi connectivity index (χ2n) is 4.17. The van der Waals surface area contributed by atoms with Crippen LogP contribution in [0.25, 0.3) is 0 Å². The molecule has 5 nitrogen and oxygen atoms in total. The minimum absolute atomic E-state index is 0.334. The van der Waals surface area contributed by atoms with Gasteiger partial charge in [-0.1, -0.05) is 6.07 Å². The van der Waals surface area contributed by atoms with Gasteiger partial charge in [0.1, 0.15) is 0 Å². The van der Waals surface area contributed by atoms with Crippen LogP contribution in [0.1, 0.15) is 18.4 Å². The van der Waals surface area contributed by atoms with Gasteiger partial charge >= 0.3 is 0 Å². The molecule has 102 valence electrons. The van der Waals surface area contributed by atoms with Gasteiger partial charge < -0.3 is 20.5 Å². The third kappa shape index (κ3) is 5.44. The summed E-state index contributed by atoms with van der Waals surface area (Å²) in [6.07, 6.45) is 3.84. The first-order valence-corrected chi connectivity index (χ1v) is 6.21. The Hall–Kier alpha value is -1.17. The Bertz CT molecular complexity index is 317. The quantitative estimate of drug-likeness (QED) is 0.685. The molecule has 1 aromatic rings. The van der Waals surface area contributed by atoms with Crippen molar-refractivity contribution < 1.29 is 9.47 Å². The summed E-state index contributed by atoms with van der Waals surface area (Å²) in [5.41, 5.74) is 6.65. The van der Waals surface area contributed by atoms with Gasteiger partial charge in [-0.25, -0.2) is 4.98 Å². The van der Waals surface area contributed by atoms with Crippen molar-refractivity contribution in [2.75, 3.05) is 27.4 Å². The normalized spacial score (nSPS) is 12.4. The standard InChI is InChI=1S/C13H23N3O2/c1-17-10-12(4-3-7-14)15-8-11-5-6-13(18-2)16-9-11/h5-6,9,12,15H,3-4,7-8,10,14H2,1-2H3. The van der Waals surface area contributed by atoms with Crippen LogP contribution >= 0.6 is 0 Å². The Morgan fingerprint density at radius 2 is 2.22 bits per heavy atom. The molecule has 0 aliphatic rings. The number of nitrogens with one attached hydrogen (secondary N) is 1. The van der Waals surface area contributed by atoms with E-state index in [9.17, 15) is 0 Å². The van der Waals surface area contributed by atoms with Crippen molar-refractivity contribution in [3.8, 4) is 5.88 Å². The number of nitrogens with two attached hydrogens (primary N) is 1. The molecule has 1 unspecified atom stereocenters. The van der Waals surface area contributed by atoms with Gasteiger partial charge in [0.25, 0.3) is 0 Å². The Morgan fingerprint density at radius 3 is 2.78 bits per heavy atom. The molecule has 0 amide bonds. The van der Waals surface area contributed by atoms with Crippen LogP contribution < -0.4 is 15.8 Å². The summed E-state index contributed by atoms with van der Waals surface area (Å²) in [6, 6.07) is 4.20. The van der Waals surface area contributed by atoms with Crippen LogP contribution in [0.4, 0.5) is 0 Å². The van der Waals surface area contributed by atoms with Gasteiger partial charge in [0.2, 0.25) is 5.88 Å². The summed E-state index contributed by atoms with van der Waals surface area (Å²) in [7, 11) is 3.33. The SMILES string of the molecule is COCC(CCCN)NCc1ccc(OC)nc1. The van der Waals surface area contributed by atoms with Crippen molar-refractivity contribution in [1.82, 2.24) is 10.3 Å². The van der Waals surface area contributed by atoms with Crippen LogP contribution in [-0.4, -0.2) is 38.4 Å². The minimum atomic E-state index is 0.334. The van der Waals surface area contributed by atoms with Crippen molar-refractivity contribution >= 4 is 0 Å². The molecule has 1 heterocycles. The van der Waals surface area contributed by atoms with Crippen molar-refractivity contribution in [2.45, 2.75) is 25.4 Å². The van der Waals surface area contributed by atoms with Crippen molar-refractivity contribution in [1.29, 1.82) is 0 Å². The molecule has 0 aliphatic carbocycles. The van der Waals surface area contributed by atoms with Gasteiger partial charge in [-0.05, 0) is 24.9 Å². The topological polar surface area (TPSA) is 69.4 Å². The average molecular weight is 253 g/mol. The maximum absolute atomic E-state index is 5.52. The summed E-state index contributed by atoms with van der Waals surface area (Å²) < 4.78 is 10.2. The molecule has 1 aromatic heterocycles. The highest BCUT2D eigenvalue weighted by molar-refractivity contribution is 5.17. The van der Waals surface area contributed by atoms with Gasteiger partial charge in [0.05, 0.1) is 13.7 Å². The molecule has 0 saturated heterocycles. The molecule has 0 fully saturated rings. The number of hydrogen-bond donors (Lipinski definition) is 2. The predicted octanol–water partition coefficient (Wildman–Crippen LogP) is 0.934. The van der Waals surface area contributed by atoms with Crippen molar-refractivity contribution in [3.63, 3.8) is 0 Å². The maximum Gasteiger partial charge on any atom is 0.212 e. The molecule has 18 heavy (non-hydrogen) atoms. The highest BCUT2D eigenvalue weighted by Crippen LogP contribution is 2.07. The Kier molecular flexibility index (Phi) is 7.32. The van der Waals surface area contributed by atoms with E-state index in [1.54, 1.807) is 14.2 Å². The van der Waals surface area contributed by atoms with Crippen LogP contribution in [0, 0.1) is 0 Å². The number of hydrogen-bond acceptors (Lipinski definition) is 5. The number of nitrogens with zero attached hydrogens (tertiary/aromatic N) is 1. The van der Waals surface area contributed by atoms with Crippen LogP contribution in [0.3, 0.4) is 0 Å². The van der Waals surface area contributed by atoms with Crippen LogP contribution in [0.5, 0.6) is 5.88 Å². The van der Waals surface area contributed by atoms with Crippen molar-refractivity contribution in [2.24, 2.45) is 5.73 Å². The third-order valence-corrected chi connectivity index (χ3v) is 2.73. The van der Waals surface area contributed by atoms with Gasteiger partial charge in [-0.3, -0.25) is 0 Å². The van der Waals surface area contributed by atoms with E-state index < -0.39 is 0 Å². The smallest absolute Gasteiger partial charge is 0.212 e. The monoisotopic (exact) mass is 253 g/mol. The van der Waals surface area contributed by atoms with E-state index in [0.717, 1.165) is 24.9 Å². The fourth-order valence-electron chi connectivity index (χ4n) is 1.71. The third-order valence-electron chi connectivity index (χ3n) is 2.73. The fraction of sp³-hybridized carbons (Fsp3) is 0.615. The predicted molar refractivity (Wildman–Crippen MR) is 71.6 cm³/mol. The van der Waals surface area contributed by atoms with E-state index in [2.05, 4.69) is 10.3 Å². The average Bonchev–Trinajstić information content (AvgIpc) is 2.42. The van der Waals surface area contributed by atoms with Gasteiger partial charge in [0.15, 0.2) is 0 Å². The molecule has 0 saturated carbocycles. The second kappa shape index (κ2) is 8.85. The number of pyridine rings is 1. The largest absolute Gasteiger partial charge is 0.481 e. The van der Waals surface area contributed by atoms with Crippen LogP contribution in [0.2, 0.25) is 0 Å². The lowest BCUT2D eigenvalue weighted by atomic mass is 10.1. The Labute approximate surface area is 109 Å². The van der Waals surface area contributed by atoms with Gasteiger partial charge in [-0.2, -0.15) is 0 Å². The molecule has 0 bridgehead atoms. The lowest BCUT2D eigenvalue weighted by molar-refractivity contribution is 0.161. The summed E-state index contributed by atoms with van der Waals surface area (Å²) in [4.78, 5) is 4.17. The lowest BCUT2D eigenvalue weighted by Crippen LogP contribution is -2.33. The summed E-state index contributed by atoms with van der Waals surface area (Å²) in [6.45, 7) is 2.19. The number of methoxy groups -OCH3 is 2. The van der Waals surface area contributed by atoms with E-state index in [0.29, 0.717) is 25.1 Å². The zero-order valence-electron chi connectivity index (χ0n) is 11.2. The zero-order chi connectivity index (χ0) is 13.2. The summed E-state index contributed by atoms with van der Waals surface area (Å²) >= 11 is 0. The molecule has 0 aliphatic heterocycles. The van der Waals surface area contributed by atoms with Gasteiger partial charge in [-0.15, -0.1) is 0 Å². The van der Waals surface area contributed by atoms with E-state index in [4.69, 9.17) is 15.2 Å². The van der Waals surface area contributed by atoms with Gasteiger partial charge in [0, 0.05) is 32.0 Å². The van der Waals surface area contributed by atoms with Crippen molar-refractivity contribution in [3.05, 3.63) is 23.9 Å². The fourth-order valence-corrected chi connectivity index (χ4v) is 1.71. The first-order chi connectivity index (χ1) is 8.80. The highest BCUT2D eigenvalue weighted by atomic mass is 16.5. The molecule has 0 spiro atoms. The van der Waals surface area contributed by atoms with E-state index in [1.165, 1.54) is 0 Å². The van der Waals surface area contributed by atoms with E-state index in [-0.39, 0.29) is 0 Å². The Morgan fingerprint density at radius 1 is 1.39 bits per heavy atom. The minimum Gasteiger partial charge on any atom is -0.481 e. The maximum atomic E-state index is 5.52. The Balaban J connectivity index is 2.39. The molecule has 3 N–H and O–H groups in total. The number of rotatable bonds is 9. The second-order valence-corrected chi connectivity index (χ2v) is 4.17. The first-order valence-electron chi connectivity index (χ1n) is 6.21. The summed E-state index contributed by atoms with van der Waals surface area (Å²) in [5.74, 6) is 0.635. The molecule has 0 radical (unpaired) electrons. The zero-order valence-corrected chi connectivity index (χ0v) is 11.2. The molecule has 1 rings (SSSR count). The van der Waals surface area contributed by atoms with Crippen LogP contribution in [0.15, 0.2) is 18.3 Å². The lowest BCUT2D eigenvalue weighted by Gasteiger charge is -2.17. The molecular formula is C13H23N3O2.